The SMILES string of the molecule is OCc1ccc(OCc2cn3ccccc3n2)cn1. The lowest BCUT2D eigenvalue weighted by molar-refractivity contribution is 0.274. The lowest BCUT2D eigenvalue weighted by atomic mass is 10.3. The highest BCUT2D eigenvalue weighted by atomic mass is 16.5. The minimum atomic E-state index is -0.0628. The Morgan fingerprint density at radius 1 is 1.16 bits per heavy atom. The van der Waals surface area contributed by atoms with Crippen LogP contribution in [0.5, 0.6) is 5.75 Å². The number of pyridine rings is 2. The van der Waals surface area contributed by atoms with Gasteiger partial charge in [0.1, 0.15) is 18.0 Å². The van der Waals surface area contributed by atoms with E-state index in [9.17, 15) is 0 Å². The number of rotatable bonds is 4. The summed E-state index contributed by atoms with van der Waals surface area (Å²) in [7, 11) is 0. The predicted octanol–water partition coefficient (Wildman–Crippen LogP) is 1.80. The van der Waals surface area contributed by atoms with Crippen molar-refractivity contribution in [3.8, 4) is 5.75 Å². The number of aliphatic hydroxyl groups is 1. The van der Waals surface area contributed by atoms with Crippen molar-refractivity contribution in [3.63, 3.8) is 0 Å². The summed E-state index contributed by atoms with van der Waals surface area (Å²) in [4.78, 5) is 8.49. The zero-order chi connectivity index (χ0) is 13.1. The molecule has 19 heavy (non-hydrogen) atoms. The molecule has 0 saturated heterocycles. The molecule has 5 nitrogen and oxygen atoms in total. The van der Waals surface area contributed by atoms with Gasteiger partial charge < -0.3 is 14.2 Å². The van der Waals surface area contributed by atoms with Gasteiger partial charge in [-0.05, 0) is 24.3 Å². The fourth-order valence-electron chi connectivity index (χ4n) is 1.80. The van der Waals surface area contributed by atoms with Gasteiger partial charge in [0.05, 0.1) is 24.2 Å². The summed E-state index contributed by atoms with van der Waals surface area (Å²) in [5, 5.41) is 8.90. The molecule has 3 heterocycles. The second kappa shape index (κ2) is 5.07. The number of hydrogen-bond donors (Lipinski definition) is 1. The van der Waals surface area contributed by atoms with Gasteiger partial charge in [-0.15, -0.1) is 0 Å². The Labute approximate surface area is 110 Å². The maximum absolute atomic E-state index is 8.90. The smallest absolute Gasteiger partial charge is 0.138 e. The van der Waals surface area contributed by atoms with Crippen molar-refractivity contribution in [2.45, 2.75) is 13.2 Å². The van der Waals surface area contributed by atoms with Gasteiger partial charge in [-0.2, -0.15) is 0 Å². The second-order valence-electron chi connectivity index (χ2n) is 4.13. The number of nitrogens with zero attached hydrogens (tertiary/aromatic N) is 3. The Morgan fingerprint density at radius 2 is 2.11 bits per heavy atom. The molecule has 0 aliphatic carbocycles. The molecule has 0 fully saturated rings. The highest BCUT2D eigenvalue weighted by Gasteiger charge is 2.02. The third-order valence-electron chi connectivity index (χ3n) is 2.76. The molecule has 0 aromatic carbocycles. The molecular formula is C14H13N3O2. The lowest BCUT2D eigenvalue weighted by Gasteiger charge is -2.03. The molecule has 96 valence electrons. The minimum Gasteiger partial charge on any atom is -0.486 e. The number of aliphatic hydroxyl groups excluding tert-OH is 1. The summed E-state index contributed by atoms with van der Waals surface area (Å²) >= 11 is 0. The van der Waals surface area contributed by atoms with Crippen molar-refractivity contribution in [2.75, 3.05) is 0 Å². The van der Waals surface area contributed by atoms with Crippen molar-refractivity contribution in [2.24, 2.45) is 0 Å². The van der Waals surface area contributed by atoms with Gasteiger partial charge >= 0.3 is 0 Å². The Bertz CT molecular complexity index is 643. The summed E-state index contributed by atoms with van der Waals surface area (Å²) in [6.07, 6.45) is 5.48. The van der Waals surface area contributed by atoms with Crippen molar-refractivity contribution in [3.05, 3.63) is 60.3 Å². The molecule has 3 rings (SSSR count). The van der Waals surface area contributed by atoms with Crippen LogP contribution in [0.2, 0.25) is 0 Å². The van der Waals surface area contributed by atoms with E-state index in [4.69, 9.17) is 9.84 Å². The Kier molecular flexibility index (Phi) is 3.12. The second-order valence-corrected chi connectivity index (χ2v) is 4.13. The molecule has 3 aromatic heterocycles. The Morgan fingerprint density at radius 3 is 2.84 bits per heavy atom. The topological polar surface area (TPSA) is 59.7 Å². The molecule has 5 heteroatoms. The zero-order valence-corrected chi connectivity index (χ0v) is 10.2. The van der Waals surface area contributed by atoms with Crippen LogP contribution in [0.25, 0.3) is 5.65 Å². The molecule has 0 saturated carbocycles. The molecule has 0 aliphatic rings. The average Bonchev–Trinajstić information content (AvgIpc) is 2.88. The summed E-state index contributed by atoms with van der Waals surface area (Å²) in [5.41, 5.74) is 2.38. The van der Waals surface area contributed by atoms with Crippen molar-refractivity contribution in [1.29, 1.82) is 0 Å². The fourth-order valence-corrected chi connectivity index (χ4v) is 1.80. The minimum absolute atomic E-state index is 0.0628. The van der Waals surface area contributed by atoms with Crippen LogP contribution in [-0.4, -0.2) is 19.5 Å². The monoisotopic (exact) mass is 255 g/mol. The number of aromatic nitrogens is 3. The molecule has 0 atom stereocenters. The van der Waals surface area contributed by atoms with Crippen LogP contribution in [0, 0.1) is 0 Å². The number of fused-ring (bicyclic) bond motifs is 1. The first-order chi connectivity index (χ1) is 9.35. The lowest BCUT2D eigenvalue weighted by Crippen LogP contribution is -1.97. The Hall–Kier alpha value is -2.40. The molecule has 3 aromatic rings. The van der Waals surface area contributed by atoms with Gasteiger partial charge in [-0.25, -0.2) is 4.98 Å². The summed E-state index contributed by atoms with van der Waals surface area (Å²) < 4.78 is 7.55. The first-order valence-corrected chi connectivity index (χ1v) is 5.96. The zero-order valence-electron chi connectivity index (χ0n) is 10.2. The third-order valence-corrected chi connectivity index (χ3v) is 2.76. The van der Waals surface area contributed by atoms with E-state index in [1.165, 1.54) is 0 Å². The largest absolute Gasteiger partial charge is 0.486 e. The van der Waals surface area contributed by atoms with Gasteiger partial charge in [-0.1, -0.05) is 6.07 Å². The highest BCUT2D eigenvalue weighted by molar-refractivity contribution is 5.39. The molecular weight excluding hydrogens is 242 g/mol. The molecule has 0 radical (unpaired) electrons. The van der Waals surface area contributed by atoms with Gasteiger partial charge in [0.25, 0.3) is 0 Å². The molecule has 0 unspecified atom stereocenters. The molecule has 1 N–H and O–H groups in total. The number of hydrogen-bond acceptors (Lipinski definition) is 4. The number of ether oxygens (including phenoxy) is 1. The van der Waals surface area contributed by atoms with Crippen molar-refractivity contribution in [1.82, 2.24) is 14.4 Å². The van der Waals surface area contributed by atoms with Gasteiger partial charge in [0.2, 0.25) is 0 Å². The maximum Gasteiger partial charge on any atom is 0.138 e. The average molecular weight is 255 g/mol. The van der Waals surface area contributed by atoms with Crippen molar-refractivity contribution < 1.29 is 9.84 Å². The van der Waals surface area contributed by atoms with E-state index in [1.54, 1.807) is 18.3 Å². The normalized spacial score (nSPS) is 10.8. The van der Waals surface area contributed by atoms with Crippen LogP contribution in [0.15, 0.2) is 48.9 Å². The quantitative estimate of drug-likeness (QED) is 0.772. The van der Waals surface area contributed by atoms with Crippen LogP contribution in [-0.2, 0) is 13.2 Å². The first kappa shape index (κ1) is 11.7. The summed E-state index contributed by atoms with van der Waals surface area (Å²) in [6, 6.07) is 9.37. The molecule has 0 spiro atoms. The number of imidazole rings is 1. The van der Waals surface area contributed by atoms with Crippen LogP contribution in [0.4, 0.5) is 0 Å². The van der Waals surface area contributed by atoms with Crippen LogP contribution >= 0.6 is 0 Å². The molecule has 0 aliphatic heterocycles. The first-order valence-electron chi connectivity index (χ1n) is 5.96. The van der Waals surface area contributed by atoms with E-state index >= 15 is 0 Å². The highest BCUT2D eigenvalue weighted by Crippen LogP contribution is 2.12. The predicted molar refractivity (Wildman–Crippen MR) is 69.7 cm³/mol. The van der Waals surface area contributed by atoms with Gasteiger partial charge in [-0.3, -0.25) is 4.98 Å². The van der Waals surface area contributed by atoms with E-state index < -0.39 is 0 Å². The summed E-state index contributed by atoms with van der Waals surface area (Å²) in [6.45, 7) is 0.328. The standard InChI is InChI=1S/C14H13N3O2/c18-9-11-4-5-13(7-15-11)19-10-12-8-17-6-2-1-3-14(17)16-12/h1-8,18H,9-10H2. The third kappa shape index (κ3) is 2.56. The molecule has 0 bridgehead atoms. The summed E-state index contributed by atoms with van der Waals surface area (Å²) in [5.74, 6) is 0.661. The van der Waals surface area contributed by atoms with Crippen LogP contribution in [0.1, 0.15) is 11.4 Å². The van der Waals surface area contributed by atoms with E-state index in [-0.39, 0.29) is 6.61 Å². The van der Waals surface area contributed by atoms with E-state index in [1.807, 2.05) is 35.0 Å². The fraction of sp³-hybridized carbons (Fsp3) is 0.143. The van der Waals surface area contributed by atoms with Crippen LogP contribution < -0.4 is 4.74 Å². The van der Waals surface area contributed by atoms with E-state index in [2.05, 4.69) is 9.97 Å². The van der Waals surface area contributed by atoms with Gasteiger partial charge in [0, 0.05) is 12.4 Å². The van der Waals surface area contributed by atoms with E-state index in [0.717, 1.165) is 11.3 Å². The maximum atomic E-state index is 8.90. The Balaban J connectivity index is 1.70. The van der Waals surface area contributed by atoms with E-state index in [0.29, 0.717) is 18.1 Å². The molecule has 0 amide bonds. The van der Waals surface area contributed by atoms with Crippen LogP contribution in [0.3, 0.4) is 0 Å². The van der Waals surface area contributed by atoms with Crippen molar-refractivity contribution >= 4 is 5.65 Å². The van der Waals surface area contributed by atoms with Gasteiger partial charge in [0.15, 0.2) is 0 Å².